The van der Waals surface area contributed by atoms with E-state index in [-0.39, 0.29) is 11.9 Å². The van der Waals surface area contributed by atoms with E-state index in [9.17, 15) is 4.79 Å². The van der Waals surface area contributed by atoms with Crippen molar-refractivity contribution in [2.45, 2.75) is 13.0 Å². The second-order valence-electron chi connectivity index (χ2n) is 3.43. The first kappa shape index (κ1) is 11.2. The van der Waals surface area contributed by atoms with Crippen LogP contribution in [0.2, 0.25) is 0 Å². The van der Waals surface area contributed by atoms with Gasteiger partial charge in [-0.05, 0) is 6.92 Å². The number of carbonyl (C=O) groups is 1. The zero-order chi connectivity index (χ0) is 11.4. The molecule has 1 aromatic rings. The van der Waals surface area contributed by atoms with Crippen molar-refractivity contribution in [3.8, 4) is 0 Å². The molecule has 0 spiro atoms. The highest BCUT2D eigenvalue weighted by atomic mass is 16.2. The quantitative estimate of drug-likeness (QED) is 0.729. The Kier molecular flexibility index (Phi) is 3.43. The van der Waals surface area contributed by atoms with Crippen LogP contribution in [0.4, 0.5) is 11.6 Å². The van der Waals surface area contributed by atoms with E-state index in [4.69, 9.17) is 5.73 Å². The number of likely N-dealkylation sites (N-methyl/N-ethyl adjacent to an activating group) is 1. The standard InChI is InChI=1S/C9H15N5O/c1-6(9(15)14(2)3)13-8-5-11-7(10)4-12-8/h4-6H,1-3H3,(H2,10,11)(H,12,13). The lowest BCUT2D eigenvalue weighted by Crippen LogP contribution is -2.36. The minimum atomic E-state index is -0.335. The monoisotopic (exact) mass is 209 g/mol. The molecule has 0 aliphatic heterocycles. The Hall–Kier alpha value is -1.85. The molecule has 15 heavy (non-hydrogen) atoms. The van der Waals surface area contributed by atoms with Crippen molar-refractivity contribution >= 4 is 17.5 Å². The zero-order valence-electron chi connectivity index (χ0n) is 9.06. The van der Waals surface area contributed by atoms with Gasteiger partial charge in [-0.2, -0.15) is 0 Å². The summed E-state index contributed by atoms with van der Waals surface area (Å²) in [5.74, 6) is 0.868. The fourth-order valence-corrected chi connectivity index (χ4v) is 1.08. The summed E-state index contributed by atoms with van der Waals surface area (Å²) in [5.41, 5.74) is 5.39. The topological polar surface area (TPSA) is 84.1 Å². The van der Waals surface area contributed by atoms with E-state index in [0.29, 0.717) is 11.6 Å². The van der Waals surface area contributed by atoms with E-state index >= 15 is 0 Å². The third-order valence-corrected chi connectivity index (χ3v) is 1.85. The number of anilines is 2. The average Bonchev–Trinajstić information content (AvgIpc) is 2.20. The van der Waals surface area contributed by atoms with Crippen LogP contribution in [-0.4, -0.2) is 40.9 Å². The summed E-state index contributed by atoms with van der Waals surface area (Å²) in [6.45, 7) is 1.76. The average molecular weight is 209 g/mol. The lowest BCUT2D eigenvalue weighted by Gasteiger charge is -2.18. The fraction of sp³-hybridized carbons (Fsp3) is 0.444. The van der Waals surface area contributed by atoms with Crippen molar-refractivity contribution in [1.82, 2.24) is 14.9 Å². The maximum absolute atomic E-state index is 11.5. The summed E-state index contributed by atoms with van der Waals surface area (Å²) in [6, 6.07) is -0.335. The van der Waals surface area contributed by atoms with Crippen molar-refractivity contribution in [1.29, 1.82) is 0 Å². The molecule has 0 radical (unpaired) electrons. The highest BCUT2D eigenvalue weighted by Gasteiger charge is 2.14. The SMILES string of the molecule is CC(Nc1cnc(N)cn1)C(=O)N(C)C. The predicted octanol–water partition coefficient (Wildman–Crippen LogP) is -0.0526. The Balaban J connectivity index is 2.62. The molecule has 1 rings (SSSR count). The summed E-state index contributed by atoms with van der Waals surface area (Å²) in [7, 11) is 3.41. The molecule has 1 unspecified atom stereocenters. The summed E-state index contributed by atoms with van der Waals surface area (Å²) in [5, 5.41) is 2.93. The van der Waals surface area contributed by atoms with Crippen LogP contribution in [0, 0.1) is 0 Å². The molecule has 0 saturated heterocycles. The molecule has 0 fully saturated rings. The van der Waals surface area contributed by atoms with Gasteiger partial charge in [0.05, 0.1) is 12.4 Å². The lowest BCUT2D eigenvalue weighted by molar-refractivity contribution is -0.129. The van der Waals surface area contributed by atoms with Gasteiger partial charge in [-0.1, -0.05) is 0 Å². The first-order valence-electron chi connectivity index (χ1n) is 4.56. The molecular weight excluding hydrogens is 194 g/mol. The molecule has 0 aliphatic rings. The van der Waals surface area contributed by atoms with Crippen LogP contribution < -0.4 is 11.1 Å². The second-order valence-corrected chi connectivity index (χ2v) is 3.43. The van der Waals surface area contributed by atoms with E-state index in [1.165, 1.54) is 17.3 Å². The van der Waals surface area contributed by atoms with Gasteiger partial charge in [0, 0.05) is 14.1 Å². The molecule has 0 saturated carbocycles. The number of nitrogen functional groups attached to an aromatic ring is 1. The lowest BCUT2D eigenvalue weighted by atomic mass is 10.3. The summed E-state index contributed by atoms with van der Waals surface area (Å²) < 4.78 is 0. The van der Waals surface area contributed by atoms with Crippen LogP contribution in [0.1, 0.15) is 6.92 Å². The molecule has 1 amide bonds. The van der Waals surface area contributed by atoms with E-state index < -0.39 is 0 Å². The van der Waals surface area contributed by atoms with Crippen molar-refractivity contribution in [2.75, 3.05) is 25.1 Å². The third-order valence-electron chi connectivity index (χ3n) is 1.85. The van der Waals surface area contributed by atoms with Crippen LogP contribution in [0.3, 0.4) is 0 Å². The molecule has 0 bridgehead atoms. The number of hydrogen-bond acceptors (Lipinski definition) is 5. The van der Waals surface area contributed by atoms with Gasteiger partial charge in [0.1, 0.15) is 17.7 Å². The maximum atomic E-state index is 11.5. The van der Waals surface area contributed by atoms with Gasteiger partial charge in [-0.25, -0.2) is 9.97 Å². The second kappa shape index (κ2) is 4.59. The first-order valence-corrected chi connectivity index (χ1v) is 4.56. The van der Waals surface area contributed by atoms with Gasteiger partial charge in [0.15, 0.2) is 0 Å². The highest BCUT2D eigenvalue weighted by molar-refractivity contribution is 5.83. The van der Waals surface area contributed by atoms with Gasteiger partial charge >= 0.3 is 0 Å². The summed E-state index contributed by atoms with van der Waals surface area (Å²) >= 11 is 0. The first-order chi connectivity index (χ1) is 7.00. The van der Waals surface area contributed by atoms with Crippen LogP contribution in [0.5, 0.6) is 0 Å². The Labute approximate surface area is 88.5 Å². The molecule has 6 heteroatoms. The molecular formula is C9H15N5O. The third kappa shape index (κ3) is 3.08. The molecule has 0 aliphatic carbocycles. The van der Waals surface area contributed by atoms with Crippen molar-refractivity contribution in [3.63, 3.8) is 0 Å². The van der Waals surface area contributed by atoms with Crippen LogP contribution in [0.25, 0.3) is 0 Å². The van der Waals surface area contributed by atoms with E-state index in [2.05, 4.69) is 15.3 Å². The van der Waals surface area contributed by atoms with Gasteiger partial charge < -0.3 is 16.0 Å². The normalized spacial score (nSPS) is 11.9. The number of nitrogens with zero attached hydrogens (tertiary/aromatic N) is 3. The molecule has 1 atom stereocenters. The van der Waals surface area contributed by atoms with Gasteiger partial charge in [0.2, 0.25) is 5.91 Å². The van der Waals surface area contributed by atoms with Gasteiger partial charge in [-0.15, -0.1) is 0 Å². The van der Waals surface area contributed by atoms with Crippen LogP contribution in [-0.2, 0) is 4.79 Å². The summed E-state index contributed by atoms with van der Waals surface area (Å²) in [6.07, 6.45) is 2.93. The molecule has 3 N–H and O–H groups in total. The number of nitrogens with two attached hydrogens (primary N) is 1. The van der Waals surface area contributed by atoms with Crippen molar-refractivity contribution in [2.24, 2.45) is 0 Å². The molecule has 1 heterocycles. The van der Waals surface area contributed by atoms with E-state index in [0.717, 1.165) is 0 Å². The Morgan fingerprint density at radius 2 is 2.13 bits per heavy atom. The minimum absolute atomic E-state index is 0.0198. The minimum Gasteiger partial charge on any atom is -0.382 e. The molecule has 0 aromatic carbocycles. The zero-order valence-corrected chi connectivity index (χ0v) is 9.06. The van der Waals surface area contributed by atoms with E-state index in [1.54, 1.807) is 21.0 Å². The number of aromatic nitrogens is 2. The highest BCUT2D eigenvalue weighted by Crippen LogP contribution is 2.04. The number of nitrogens with one attached hydrogen (secondary N) is 1. The number of rotatable bonds is 3. The van der Waals surface area contributed by atoms with Crippen molar-refractivity contribution < 1.29 is 4.79 Å². The van der Waals surface area contributed by atoms with Crippen LogP contribution >= 0.6 is 0 Å². The largest absolute Gasteiger partial charge is 0.382 e. The van der Waals surface area contributed by atoms with Crippen LogP contribution in [0.15, 0.2) is 12.4 Å². The Bertz CT molecular complexity index is 335. The molecule has 1 aromatic heterocycles. The fourth-order valence-electron chi connectivity index (χ4n) is 1.08. The number of amides is 1. The van der Waals surface area contributed by atoms with Gasteiger partial charge in [-0.3, -0.25) is 4.79 Å². The Morgan fingerprint density at radius 3 is 2.60 bits per heavy atom. The van der Waals surface area contributed by atoms with E-state index in [1.807, 2.05) is 0 Å². The molecule has 6 nitrogen and oxygen atoms in total. The predicted molar refractivity (Wildman–Crippen MR) is 58.2 cm³/mol. The smallest absolute Gasteiger partial charge is 0.244 e. The molecule has 82 valence electrons. The summed E-state index contributed by atoms with van der Waals surface area (Å²) in [4.78, 5) is 20.9. The van der Waals surface area contributed by atoms with Gasteiger partial charge in [0.25, 0.3) is 0 Å². The van der Waals surface area contributed by atoms with Crippen molar-refractivity contribution in [3.05, 3.63) is 12.4 Å². The number of hydrogen-bond donors (Lipinski definition) is 2. The Morgan fingerprint density at radius 1 is 1.47 bits per heavy atom. The number of carbonyl (C=O) groups excluding carboxylic acids is 1. The maximum Gasteiger partial charge on any atom is 0.244 e.